The van der Waals surface area contributed by atoms with Gasteiger partial charge < -0.3 is 15.5 Å². The number of piperidine rings is 1. The highest BCUT2D eigenvalue weighted by Gasteiger charge is 2.34. The van der Waals surface area contributed by atoms with Crippen molar-refractivity contribution in [3.8, 4) is 0 Å². The molecule has 3 saturated heterocycles. The summed E-state index contributed by atoms with van der Waals surface area (Å²) < 4.78 is 0. The number of nitrogens with zero attached hydrogens (tertiary/aromatic N) is 2. The number of hydrogen-bond donors (Lipinski definition) is 2. The molecule has 3 fully saturated rings. The van der Waals surface area contributed by atoms with E-state index in [0.717, 1.165) is 58.3 Å². The summed E-state index contributed by atoms with van der Waals surface area (Å²) in [6, 6.07) is 10.7. The highest BCUT2D eigenvalue weighted by Crippen LogP contribution is 2.22. The Balaban J connectivity index is 1.21. The number of likely N-dealkylation sites (tertiary alicyclic amines) is 2. The lowest BCUT2D eigenvalue weighted by Crippen LogP contribution is -2.48. The molecule has 3 aliphatic heterocycles. The van der Waals surface area contributed by atoms with Crippen molar-refractivity contribution in [3.63, 3.8) is 0 Å². The molecule has 0 spiro atoms. The van der Waals surface area contributed by atoms with Crippen molar-refractivity contribution in [1.82, 2.24) is 20.4 Å². The highest BCUT2D eigenvalue weighted by atomic mass is 16.2. The van der Waals surface area contributed by atoms with Gasteiger partial charge in [0.15, 0.2) is 0 Å². The van der Waals surface area contributed by atoms with Gasteiger partial charge in [-0.05, 0) is 50.3 Å². The maximum absolute atomic E-state index is 12.7. The van der Waals surface area contributed by atoms with Crippen LogP contribution in [0, 0.1) is 11.8 Å². The van der Waals surface area contributed by atoms with Gasteiger partial charge in [-0.2, -0.15) is 0 Å². The van der Waals surface area contributed by atoms with Gasteiger partial charge in [-0.15, -0.1) is 0 Å². The summed E-state index contributed by atoms with van der Waals surface area (Å²) in [5.41, 5.74) is 1.36. The minimum Gasteiger partial charge on any atom is -0.351 e. The van der Waals surface area contributed by atoms with Crippen molar-refractivity contribution < 1.29 is 9.59 Å². The van der Waals surface area contributed by atoms with Crippen molar-refractivity contribution in [3.05, 3.63) is 35.9 Å². The van der Waals surface area contributed by atoms with Crippen molar-refractivity contribution in [2.75, 3.05) is 32.7 Å². The van der Waals surface area contributed by atoms with Crippen molar-refractivity contribution >= 4 is 11.9 Å². The molecule has 3 aliphatic rings. The first-order valence-electron chi connectivity index (χ1n) is 10.8. The van der Waals surface area contributed by atoms with E-state index in [-0.39, 0.29) is 23.9 Å². The lowest BCUT2D eigenvalue weighted by Gasteiger charge is -2.33. The summed E-state index contributed by atoms with van der Waals surface area (Å²) in [6.45, 7) is 5.12. The van der Waals surface area contributed by atoms with Gasteiger partial charge in [0.1, 0.15) is 0 Å². The molecule has 3 amide bonds. The molecule has 2 unspecified atom stereocenters. The van der Waals surface area contributed by atoms with Crippen LogP contribution in [0.2, 0.25) is 0 Å². The predicted molar refractivity (Wildman–Crippen MR) is 109 cm³/mol. The number of nitrogens with one attached hydrogen (secondary N) is 2. The zero-order chi connectivity index (χ0) is 19.3. The lowest BCUT2D eigenvalue weighted by molar-refractivity contribution is -0.124. The van der Waals surface area contributed by atoms with E-state index in [1.807, 2.05) is 4.90 Å². The first kappa shape index (κ1) is 19.2. The first-order chi connectivity index (χ1) is 13.7. The Morgan fingerprint density at radius 2 is 1.86 bits per heavy atom. The summed E-state index contributed by atoms with van der Waals surface area (Å²) >= 11 is 0. The fourth-order valence-electron chi connectivity index (χ4n) is 4.75. The molecule has 1 aromatic carbocycles. The van der Waals surface area contributed by atoms with Gasteiger partial charge in [0, 0.05) is 32.2 Å². The monoisotopic (exact) mass is 384 g/mol. The number of hydrogen-bond acceptors (Lipinski definition) is 3. The van der Waals surface area contributed by atoms with Crippen LogP contribution in [0.4, 0.5) is 4.79 Å². The van der Waals surface area contributed by atoms with E-state index in [2.05, 4.69) is 45.9 Å². The smallest absolute Gasteiger partial charge is 0.317 e. The molecular weight excluding hydrogens is 352 g/mol. The Hall–Kier alpha value is -2.08. The molecule has 0 radical (unpaired) electrons. The summed E-state index contributed by atoms with van der Waals surface area (Å²) in [5, 5.41) is 6.24. The van der Waals surface area contributed by atoms with Crippen LogP contribution in [-0.2, 0) is 11.3 Å². The predicted octanol–water partition coefficient (Wildman–Crippen LogP) is 2.21. The fourth-order valence-corrected chi connectivity index (χ4v) is 4.75. The van der Waals surface area contributed by atoms with E-state index >= 15 is 0 Å². The first-order valence-corrected chi connectivity index (χ1v) is 10.8. The van der Waals surface area contributed by atoms with Gasteiger partial charge in [-0.1, -0.05) is 36.8 Å². The molecular formula is C22H32N4O2. The zero-order valence-electron chi connectivity index (χ0n) is 16.6. The normalized spacial score (nSPS) is 26.4. The Labute approximate surface area is 167 Å². The number of benzene rings is 1. The number of fused-ring (bicyclic) bond motifs is 3. The van der Waals surface area contributed by atoms with Crippen LogP contribution in [0.5, 0.6) is 0 Å². The highest BCUT2D eigenvalue weighted by molar-refractivity contribution is 5.82. The molecule has 2 atom stereocenters. The summed E-state index contributed by atoms with van der Waals surface area (Å²) in [5.74, 6) is 0.630. The van der Waals surface area contributed by atoms with E-state index in [1.54, 1.807) is 0 Å². The molecule has 6 heteroatoms. The second kappa shape index (κ2) is 8.95. The van der Waals surface area contributed by atoms with Crippen molar-refractivity contribution in [2.45, 2.75) is 44.7 Å². The minimum atomic E-state index is -0.0422. The molecule has 4 rings (SSSR count). The number of rotatable bonds is 4. The largest absolute Gasteiger partial charge is 0.351 e. The van der Waals surface area contributed by atoms with E-state index in [1.165, 1.54) is 5.56 Å². The van der Waals surface area contributed by atoms with E-state index in [9.17, 15) is 9.59 Å². The Morgan fingerprint density at radius 1 is 1.07 bits per heavy atom. The number of urea groups is 1. The molecule has 0 saturated carbocycles. The Morgan fingerprint density at radius 3 is 2.64 bits per heavy atom. The van der Waals surface area contributed by atoms with Crippen molar-refractivity contribution in [2.24, 2.45) is 11.8 Å². The SMILES string of the molecule is O=C1NC2CCCC1CN(C(=O)NCC1CCN(Cc3ccccc3)CC1)C2. The number of amides is 3. The van der Waals surface area contributed by atoms with Crippen LogP contribution in [0.15, 0.2) is 30.3 Å². The molecule has 152 valence electrons. The van der Waals surface area contributed by atoms with Gasteiger partial charge in [0.05, 0.1) is 5.92 Å². The van der Waals surface area contributed by atoms with Gasteiger partial charge >= 0.3 is 6.03 Å². The second-order valence-corrected chi connectivity index (χ2v) is 8.63. The van der Waals surface area contributed by atoms with Crippen LogP contribution in [0.3, 0.4) is 0 Å². The molecule has 2 N–H and O–H groups in total. The number of carbonyl (C=O) groups excluding carboxylic acids is 2. The summed E-state index contributed by atoms with van der Waals surface area (Å²) in [7, 11) is 0. The van der Waals surface area contributed by atoms with Crippen LogP contribution in [0.1, 0.15) is 37.7 Å². The molecule has 2 bridgehead atoms. The third-order valence-corrected chi connectivity index (χ3v) is 6.49. The van der Waals surface area contributed by atoms with E-state index < -0.39 is 0 Å². The summed E-state index contributed by atoms with van der Waals surface area (Å²) in [6.07, 6.45) is 5.19. The molecule has 0 aromatic heterocycles. The third-order valence-electron chi connectivity index (χ3n) is 6.49. The van der Waals surface area contributed by atoms with Crippen LogP contribution < -0.4 is 10.6 Å². The Kier molecular flexibility index (Phi) is 6.15. The summed E-state index contributed by atoms with van der Waals surface area (Å²) in [4.78, 5) is 29.2. The van der Waals surface area contributed by atoms with E-state index in [0.29, 0.717) is 19.0 Å². The molecule has 1 aromatic rings. The number of carbonyl (C=O) groups is 2. The van der Waals surface area contributed by atoms with E-state index in [4.69, 9.17) is 0 Å². The van der Waals surface area contributed by atoms with Gasteiger partial charge in [-0.25, -0.2) is 4.79 Å². The molecule has 0 aliphatic carbocycles. The van der Waals surface area contributed by atoms with Crippen LogP contribution in [-0.4, -0.2) is 60.5 Å². The average molecular weight is 385 g/mol. The minimum absolute atomic E-state index is 0.000107. The van der Waals surface area contributed by atoms with Crippen LogP contribution >= 0.6 is 0 Å². The standard InChI is InChI=1S/C22H32N4O2/c27-21-19-7-4-8-20(24-21)16-26(15-19)22(28)23-13-17-9-11-25(12-10-17)14-18-5-2-1-3-6-18/h1-3,5-6,17,19-20H,4,7-16H2,(H,23,28)(H,24,27). The van der Waals surface area contributed by atoms with Gasteiger partial charge in [-0.3, -0.25) is 9.69 Å². The average Bonchev–Trinajstić information content (AvgIpc) is 2.96. The fraction of sp³-hybridized carbons (Fsp3) is 0.636. The quantitative estimate of drug-likeness (QED) is 0.837. The van der Waals surface area contributed by atoms with Gasteiger partial charge in [0.2, 0.25) is 5.91 Å². The van der Waals surface area contributed by atoms with Crippen molar-refractivity contribution in [1.29, 1.82) is 0 Å². The maximum atomic E-state index is 12.7. The third kappa shape index (κ3) is 4.85. The zero-order valence-corrected chi connectivity index (χ0v) is 16.6. The Bertz CT molecular complexity index is 672. The topological polar surface area (TPSA) is 64.7 Å². The lowest BCUT2D eigenvalue weighted by atomic mass is 9.96. The second-order valence-electron chi connectivity index (χ2n) is 8.63. The molecule has 6 nitrogen and oxygen atoms in total. The molecule has 28 heavy (non-hydrogen) atoms. The maximum Gasteiger partial charge on any atom is 0.317 e. The van der Waals surface area contributed by atoms with Gasteiger partial charge in [0.25, 0.3) is 0 Å². The van der Waals surface area contributed by atoms with Crippen LogP contribution in [0.25, 0.3) is 0 Å². The molecule has 3 heterocycles.